The van der Waals surface area contributed by atoms with Gasteiger partial charge >= 0.3 is 0 Å². The van der Waals surface area contributed by atoms with Gasteiger partial charge in [-0.2, -0.15) is 4.94 Å². The molecule has 0 spiro atoms. The van der Waals surface area contributed by atoms with Crippen LogP contribution < -0.4 is 0 Å². The van der Waals surface area contributed by atoms with Crippen molar-refractivity contribution < 1.29 is 13.9 Å². The molecule has 1 rings (SSSR count). The average molecular weight is 158 g/mol. The topological polar surface area (TPSA) is 9.23 Å². The number of rotatable bonds is 2. The normalized spacial score (nSPS) is 13.0. The molecular formula is C8H8F2O. The standard InChI is InChI=1S/C8H8F2O/c1-6-2-4-7(5-3-6)8(9)11-10/h2-5,8H,1H3. The van der Waals surface area contributed by atoms with Crippen molar-refractivity contribution >= 4 is 0 Å². The van der Waals surface area contributed by atoms with Crippen LogP contribution in [0.3, 0.4) is 0 Å². The molecule has 1 nitrogen and oxygen atoms in total. The van der Waals surface area contributed by atoms with Crippen LogP contribution in [-0.2, 0) is 4.94 Å². The van der Waals surface area contributed by atoms with E-state index in [0.29, 0.717) is 0 Å². The zero-order valence-corrected chi connectivity index (χ0v) is 6.05. The fraction of sp³-hybridized carbons (Fsp3) is 0.250. The molecule has 0 radical (unpaired) electrons. The molecule has 1 atom stereocenters. The zero-order chi connectivity index (χ0) is 8.27. The van der Waals surface area contributed by atoms with E-state index in [1.54, 1.807) is 12.1 Å². The van der Waals surface area contributed by atoms with Crippen molar-refractivity contribution in [3.63, 3.8) is 0 Å². The molecule has 0 aliphatic heterocycles. The van der Waals surface area contributed by atoms with E-state index in [9.17, 15) is 8.92 Å². The number of hydrogen-bond donors (Lipinski definition) is 0. The van der Waals surface area contributed by atoms with Crippen LogP contribution in [0.4, 0.5) is 8.92 Å². The first kappa shape index (κ1) is 8.14. The third kappa shape index (κ3) is 1.98. The quantitative estimate of drug-likeness (QED) is 0.643. The van der Waals surface area contributed by atoms with Crippen LogP contribution in [-0.4, -0.2) is 0 Å². The molecule has 1 unspecified atom stereocenters. The first-order valence-corrected chi connectivity index (χ1v) is 3.22. The van der Waals surface area contributed by atoms with Gasteiger partial charge in [-0.3, -0.25) is 0 Å². The number of aryl methyl sites for hydroxylation is 1. The smallest absolute Gasteiger partial charge is 0.207 e. The Morgan fingerprint density at radius 1 is 1.27 bits per heavy atom. The van der Waals surface area contributed by atoms with Gasteiger partial charge in [0, 0.05) is 5.56 Å². The monoisotopic (exact) mass is 158 g/mol. The Morgan fingerprint density at radius 2 is 1.82 bits per heavy atom. The van der Waals surface area contributed by atoms with Crippen molar-refractivity contribution in [2.24, 2.45) is 0 Å². The van der Waals surface area contributed by atoms with Crippen LogP contribution >= 0.6 is 0 Å². The van der Waals surface area contributed by atoms with Crippen molar-refractivity contribution in [1.82, 2.24) is 0 Å². The van der Waals surface area contributed by atoms with Crippen LogP contribution in [0.25, 0.3) is 0 Å². The molecule has 1 aromatic rings. The molecule has 60 valence electrons. The predicted molar refractivity (Wildman–Crippen MR) is 37.2 cm³/mol. The van der Waals surface area contributed by atoms with Crippen molar-refractivity contribution in [3.8, 4) is 0 Å². The van der Waals surface area contributed by atoms with Gasteiger partial charge in [-0.05, 0) is 11.4 Å². The molecule has 11 heavy (non-hydrogen) atoms. The number of halogens is 2. The van der Waals surface area contributed by atoms with E-state index in [4.69, 9.17) is 0 Å². The van der Waals surface area contributed by atoms with E-state index in [1.165, 1.54) is 12.1 Å². The van der Waals surface area contributed by atoms with Crippen LogP contribution in [0.5, 0.6) is 0 Å². The summed E-state index contributed by atoms with van der Waals surface area (Å²) in [6.45, 7) is 1.87. The molecular weight excluding hydrogens is 150 g/mol. The SMILES string of the molecule is Cc1ccc(C(F)OF)cc1. The fourth-order valence-electron chi connectivity index (χ4n) is 0.769. The predicted octanol–water partition coefficient (Wildman–Crippen LogP) is 2.86. The third-order valence-corrected chi connectivity index (χ3v) is 1.42. The van der Waals surface area contributed by atoms with Gasteiger partial charge in [0.1, 0.15) is 0 Å². The van der Waals surface area contributed by atoms with Crippen molar-refractivity contribution in [3.05, 3.63) is 35.4 Å². The van der Waals surface area contributed by atoms with E-state index in [0.717, 1.165) is 5.56 Å². The molecule has 0 N–H and O–H groups in total. The van der Waals surface area contributed by atoms with Gasteiger partial charge in [0.15, 0.2) is 0 Å². The third-order valence-electron chi connectivity index (χ3n) is 1.42. The van der Waals surface area contributed by atoms with Gasteiger partial charge in [0.25, 0.3) is 6.36 Å². The summed E-state index contributed by atoms with van der Waals surface area (Å²) in [6, 6.07) is 6.36. The largest absolute Gasteiger partial charge is 0.261 e. The van der Waals surface area contributed by atoms with E-state index in [1.807, 2.05) is 6.92 Å². The summed E-state index contributed by atoms with van der Waals surface area (Å²) in [5.74, 6) is 0. The lowest BCUT2D eigenvalue weighted by molar-refractivity contribution is -0.229. The Hall–Kier alpha value is -0.960. The minimum absolute atomic E-state index is 0.193. The average Bonchev–Trinajstić information content (AvgIpc) is 2.05. The highest BCUT2D eigenvalue weighted by molar-refractivity contribution is 5.21. The molecule has 0 aliphatic carbocycles. The van der Waals surface area contributed by atoms with Crippen LogP contribution in [0.2, 0.25) is 0 Å². The molecule has 0 saturated heterocycles. The lowest BCUT2D eigenvalue weighted by Crippen LogP contribution is -1.90. The van der Waals surface area contributed by atoms with Crippen LogP contribution in [0.15, 0.2) is 24.3 Å². The molecule has 0 amide bonds. The number of hydrogen-bond acceptors (Lipinski definition) is 1. The molecule has 1 aromatic carbocycles. The highest BCUT2D eigenvalue weighted by Gasteiger charge is 2.08. The Bertz CT molecular complexity index is 220. The Morgan fingerprint density at radius 3 is 2.27 bits per heavy atom. The molecule has 0 aliphatic rings. The maximum absolute atomic E-state index is 12.4. The molecule has 0 saturated carbocycles. The van der Waals surface area contributed by atoms with Crippen molar-refractivity contribution in [1.29, 1.82) is 0 Å². The summed E-state index contributed by atoms with van der Waals surface area (Å²) < 4.78 is 23.7. The zero-order valence-electron chi connectivity index (χ0n) is 6.05. The van der Waals surface area contributed by atoms with Gasteiger partial charge in [-0.25, -0.2) is 4.39 Å². The second kappa shape index (κ2) is 3.44. The van der Waals surface area contributed by atoms with Gasteiger partial charge in [0.05, 0.1) is 0 Å². The number of benzene rings is 1. The maximum atomic E-state index is 12.4. The van der Waals surface area contributed by atoms with Gasteiger partial charge in [-0.15, -0.1) is 0 Å². The Labute approximate surface area is 63.5 Å². The fourth-order valence-corrected chi connectivity index (χ4v) is 0.769. The molecule has 0 aromatic heterocycles. The minimum atomic E-state index is -1.96. The Kier molecular flexibility index (Phi) is 2.54. The molecule has 0 fully saturated rings. The van der Waals surface area contributed by atoms with Gasteiger partial charge in [0.2, 0.25) is 0 Å². The summed E-state index contributed by atoms with van der Waals surface area (Å²) in [4.78, 5) is 3.01. The molecule has 0 heterocycles. The first-order chi connectivity index (χ1) is 5.24. The Balaban J connectivity index is 2.81. The second-order valence-electron chi connectivity index (χ2n) is 2.32. The second-order valence-corrected chi connectivity index (χ2v) is 2.32. The van der Waals surface area contributed by atoms with Crippen molar-refractivity contribution in [2.45, 2.75) is 13.3 Å². The van der Waals surface area contributed by atoms with E-state index < -0.39 is 6.36 Å². The highest BCUT2D eigenvalue weighted by Crippen LogP contribution is 2.18. The summed E-state index contributed by atoms with van der Waals surface area (Å²) in [5, 5.41) is 0. The van der Waals surface area contributed by atoms with E-state index in [2.05, 4.69) is 4.94 Å². The lowest BCUT2D eigenvalue weighted by Gasteiger charge is -2.01. The van der Waals surface area contributed by atoms with Gasteiger partial charge < -0.3 is 0 Å². The minimum Gasteiger partial charge on any atom is -0.207 e. The summed E-state index contributed by atoms with van der Waals surface area (Å²) >= 11 is 0. The maximum Gasteiger partial charge on any atom is 0.261 e. The molecule has 0 bridgehead atoms. The summed E-state index contributed by atoms with van der Waals surface area (Å²) in [7, 11) is 0. The van der Waals surface area contributed by atoms with Crippen LogP contribution in [0, 0.1) is 6.92 Å². The van der Waals surface area contributed by atoms with Crippen molar-refractivity contribution in [2.75, 3.05) is 0 Å². The van der Waals surface area contributed by atoms with Crippen LogP contribution in [0.1, 0.15) is 17.5 Å². The molecule has 3 heteroatoms. The summed E-state index contributed by atoms with van der Waals surface area (Å²) in [6.07, 6.45) is -1.96. The van der Waals surface area contributed by atoms with Gasteiger partial charge in [-0.1, -0.05) is 29.8 Å². The summed E-state index contributed by atoms with van der Waals surface area (Å²) in [5.41, 5.74) is 1.19. The lowest BCUT2D eigenvalue weighted by atomic mass is 10.1. The van der Waals surface area contributed by atoms with E-state index in [-0.39, 0.29) is 5.56 Å². The van der Waals surface area contributed by atoms with E-state index >= 15 is 0 Å². The highest BCUT2D eigenvalue weighted by atomic mass is 19.3. The number of alkyl halides is 1. The first-order valence-electron chi connectivity index (χ1n) is 3.22.